The number of aromatic nitrogens is 2. The Morgan fingerprint density at radius 2 is 2.00 bits per heavy atom. The van der Waals surface area contributed by atoms with E-state index in [-0.39, 0.29) is 11.7 Å². The monoisotopic (exact) mass is 362 g/mol. The molecule has 2 heterocycles. The van der Waals surface area contributed by atoms with Crippen molar-refractivity contribution < 1.29 is 9.18 Å². The van der Waals surface area contributed by atoms with Crippen LogP contribution in [0.2, 0.25) is 0 Å². The molecule has 0 unspecified atom stereocenters. The van der Waals surface area contributed by atoms with Crippen molar-refractivity contribution >= 4 is 23.4 Å². The van der Waals surface area contributed by atoms with Crippen LogP contribution >= 0.6 is 11.8 Å². The summed E-state index contributed by atoms with van der Waals surface area (Å²) in [5.74, 6) is 0.904. The minimum Gasteiger partial charge on any atom is -0.366 e. The molecule has 0 bridgehead atoms. The van der Waals surface area contributed by atoms with Crippen LogP contribution in [0.15, 0.2) is 41.6 Å². The fourth-order valence-electron chi connectivity index (χ4n) is 2.95. The van der Waals surface area contributed by atoms with E-state index in [1.807, 2.05) is 35.3 Å². The Balaban J connectivity index is 1.39. The highest BCUT2D eigenvalue weighted by molar-refractivity contribution is 7.99. The minimum absolute atomic E-state index is 0.194. The molecule has 0 N–H and O–H groups in total. The van der Waals surface area contributed by atoms with Gasteiger partial charge in [0, 0.05) is 50.7 Å². The van der Waals surface area contributed by atoms with E-state index in [2.05, 4.69) is 5.10 Å². The molecule has 134 valence electrons. The van der Waals surface area contributed by atoms with E-state index in [1.54, 1.807) is 28.6 Å². The maximum absolute atomic E-state index is 13.8. The molecule has 1 aliphatic rings. The Labute approximate surface area is 151 Å². The molecule has 5 nitrogen and oxygen atoms in total. The van der Waals surface area contributed by atoms with Crippen molar-refractivity contribution in [3.63, 3.8) is 0 Å². The number of aryl methyl sites for hydroxylation is 1. The van der Waals surface area contributed by atoms with Crippen molar-refractivity contribution in [2.75, 3.05) is 36.8 Å². The first-order valence-electron chi connectivity index (χ1n) is 8.52. The van der Waals surface area contributed by atoms with Crippen molar-refractivity contribution in [1.29, 1.82) is 0 Å². The number of benzene rings is 1. The summed E-state index contributed by atoms with van der Waals surface area (Å²) in [6, 6.07) is 6.81. The second-order valence-electron chi connectivity index (χ2n) is 6.12. The van der Waals surface area contributed by atoms with Crippen LogP contribution in [0.4, 0.5) is 10.1 Å². The second-order valence-corrected chi connectivity index (χ2v) is 7.29. The Morgan fingerprint density at radius 3 is 2.68 bits per heavy atom. The molecule has 0 atom stereocenters. The molecule has 0 radical (unpaired) electrons. The topological polar surface area (TPSA) is 41.4 Å². The average molecular weight is 362 g/mol. The average Bonchev–Trinajstić information content (AvgIpc) is 3.04. The Morgan fingerprint density at radius 1 is 1.24 bits per heavy atom. The predicted molar refractivity (Wildman–Crippen MR) is 98.4 cm³/mol. The van der Waals surface area contributed by atoms with E-state index >= 15 is 0 Å². The van der Waals surface area contributed by atoms with E-state index in [1.165, 1.54) is 6.07 Å². The third-order valence-electron chi connectivity index (χ3n) is 4.31. The van der Waals surface area contributed by atoms with Crippen molar-refractivity contribution in [2.45, 2.75) is 17.7 Å². The van der Waals surface area contributed by atoms with Gasteiger partial charge < -0.3 is 9.80 Å². The fourth-order valence-corrected chi connectivity index (χ4v) is 3.82. The van der Waals surface area contributed by atoms with Crippen LogP contribution in [-0.4, -0.2) is 52.5 Å². The fraction of sp³-hybridized carbons (Fsp3) is 0.444. The SMILES string of the molecule is Cn1cc(SCCCC(=O)N2CCN(c3ccccc3F)CC2)cn1. The number of thioether (sulfide) groups is 1. The maximum atomic E-state index is 13.8. The molecule has 25 heavy (non-hydrogen) atoms. The number of nitrogens with zero attached hydrogens (tertiary/aromatic N) is 4. The van der Waals surface area contributed by atoms with Gasteiger partial charge in [0.1, 0.15) is 5.82 Å². The van der Waals surface area contributed by atoms with Gasteiger partial charge in [-0.1, -0.05) is 12.1 Å². The summed E-state index contributed by atoms with van der Waals surface area (Å²) in [6.45, 7) is 2.67. The van der Waals surface area contributed by atoms with E-state index in [9.17, 15) is 9.18 Å². The van der Waals surface area contributed by atoms with Crippen LogP contribution in [-0.2, 0) is 11.8 Å². The number of amides is 1. The lowest BCUT2D eigenvalue weighted by Gasteiger charge is -2.36. The number of anilines is 1. The first kappa shape index (κ1) is 17.8. The van der Waals surface area contributed by atoms with Gasteiger partial charge in [-0.25, -0.2) is 4.39 Å². The van der Waals surface area contributed by atoms with Crippen molar-refractivity contribution in [3.05, 3.63) is 42.5 Å². The smallest absolute Gasteiger partial charge is 0.222 e. The first-order valence-corrected chi connectivity index (χ1v) is 9.51. The van der Waals surface area contributed by atoms with Crippen molar-refractivity contribution in [2.24, 2.45) is 7.05 Å². The molecule has 1 saturated heterocycles. The normalized spacial score (nSPS) is 14.8. The molecule has 0 spiro atoms. The van der Waals surface area contributed by atoms with Gasteiger partial charge in [-0.2, -0.15) is 5.10 Å². The molecular weight excluding hydrogens is 339 g/mol. The molecule has 1 amide bonds. The summed E-state index contributed by atoms with van der Waals surface area (Å²) in [7, 11) is 1.90. The zero-order chi connectivity index (χ0) is 17.6. The zero-order valence-corrected chi connectivity index (χ0v) is 15.2. The highest BCUT2D eigenvalue weighted by Crippen LogP contribution is 2.21. The summed E-state index contributed by atoms with van der Waals surface area (Å²) in [6.07, 6.45) is 5.24. The van der Waals surface area contributed by atoms with E-state index < -0.39 is 0 Å². The Kier molecular flexibility index (Phi) is 5.96. The van der Waals surface area contributed by atoms with E-state index in [4.69, 9.17) is 0 Å². The number of carbonyl (C=O) groups is 1. The van der Waals surface area contributed by atoms with Crippen LogP contribution in [0.3, 0.4) is 0 Å². The van der Waals surface area contributed by atoms with Crippen LogP contribution in [0, 0.1) is 5.82 Å². The van der Waals surface area contributed by atoms with E-state index in [0.29, 0.717) is 38.3 Å². The van der Waals surface area contributed by atoms with Gasteiger partial charge in [0.25, 0.3) is 0 Å². The van der Waals surface area contributed by atoms with Crippen LogP contribution < -0.4 is 4.90 Å². The van der Waals surface area contributed by atoms with Crippen LogP contribution in [0.5, 0.6) is 0 Å². The number of rotatable bonds is 6. The van der Waals surface area contributed by atoms with E-state index in [0.717, 1.165) is 17.1 Å². The lowest BCUT2D eigenvalue weighted by molar-refractivity contribution is -0.131. The summed E-state index contributed by atoms with van der Waals surface area (Å²) < 4.78 is 15.6. The van der Waals surface area contributed by atoms with Gasteiger partial charge >= 0.3 is 0 Å². The summed E-state index contributed by atoms with van der Waals surface area (Å²) in [5, 5.41) is 4.13. The lowest BCUT2D eigenvalue weighted by Crippen LogP contribution is -2.49. The molecule has 1 aromatic carbocycles. The molecule has 2 aromatic rings. The van der Waals surface area contributed by atoms with Crippen molar-refractivity contribution in [1.82, 2.24) is 14.7 Å². The molecule has 1 aromatic heterocycles. The van der Waals surface area contributed by atoms with Gasteiger partial charge in [-0.3, -0.25) is 9.48 Å². The number of piperazine rings is 1. The van der Waals surface area contributed by atoms with Gasteiger partial charge in [-0.05, 0) is 24.3 Å². The first-order chi connectivity index (χ1) is 12.1. The molecule has 0 saturated carbocycles. The van der Waals surface area contributed by atoms with Crippen LogP contribution in [0.1, 0.15) is 12.8 Å². The quantitative estimate of drug-likeness (QED) is 0.585. The summed E-state index contributed by atoms with van der Waals surface area (Å²) in [5.41, 5.74) is 0.627. The third-order valence-corrected chi connectivity index (χ3v) is 5.35. The largest absolute Gasteiger partial charge is 0.366 e. The zero-order valence-electron chi connectivity index (χ0n) is 14.4. The molecule has 0 aliphatic carbocycles. The van der Waals surface area contributed by atoms with Gasteiger partial charge in [0.2, 0.25) is 5.91 Å². The third kappa shape index (κ3) is 4.75. The summed E-state index contributed by atoms with van der Waals surface area (Å²) in [4.78, 5) is 17.4. The number of carbonyl (C=O) groups excluding carboxylic acids is 1. The molecule has 1 fully saturated rings. The standard InChI is InChI=1S/C18H23FN4OS/c1-21-14-15(13-20-21)25-12-4-7-18(24)23-10-8-22(9-11-23)17-6-3-2-5-16(17)19/h2-3,5-6,13-14H,4,7-12H2,1H3. The Hall–Kier alpha value is -2.02. The van der Waals surface area contributed by atoms with Gasteiger partial charge in [0.15, 0.2) is 0 Å². The molecule has 7 heteroatoms. The second kappa shape index (κ2) is 8.38. The molecule has 1 aliphatic heterocycles. The van der Waals surface area contributed by atoms with Crippen molar-refractivity contribution in [3.8, 4) is 0 Å². The number of hydrogen-bond donors (Lipinski definition) is 0. The number of hydrogen-bond acceptors (Lipinski definition) is 4. The molecular formula is C18H23FN4OS. The highest BCUT2D eigenvalue weighted by atomic mass is 32.2. The number of para-hydroxylation sites is 1. The number of halogens is 1. The Bertz CT molecular complexity index is 713. The maximum Gasteiger partial charge on any atom is 0.222 e. The van der Waals surface area contributed by atoms with Gasteiger partial charge in [-0.15, -0.1) is 11.8 Å². The summed E-state index contributed by atoms with van der Waals surface area (Å²) >= 11 is 1.73. The minimum atomic E-state index is -0.199. The predicted octanol–water partition coefficient (Wildman–Crippen LogP) is 2.78. The van der Waals surface area contributed by atoms with Gasteiger partial charge in [0.05, 0.1) is 11.9 Å². The molecule has 3 rings (SSSR count). The highest BCUT2D eigenvalue weighted by Gasteiger charge is 2.22. The van der Waals surface area contributed by atoms with Crippen LogP contribution in [0.25, 0.3) is 0 Å². The lowest BCUT2D eigenvalue weighted by atomic mass is 10.2.